The van der Waals surface area contributed by atoms with E-state index in [0.29, 0.717) is 6.04 Å². The number of nitrogens with two attached hydrogens (primary N) is 1. The summed E-state index contributed by atoms with van der Waals surface area (Å²) in [7, 11) is 0. The summed E-state index contributed by atoms with van der Waals surface area (Å²) in [6, 6.07) is 0.474. The van der Waals surface area contributed by atoms with E-state index in [1.807, 2.05) is 0 Å². The maximum Gasteiger partial charge on any atom is 0.00388 e. The van der Waals surface area contributed by atoms with E-state index in [2.05, 4.69) is 13.8 Å². The van der Waals surface area contributed by atoms with Gasteiger partial charge in [-0.05, 0) is 12.8 Å². The van der Waals surface area contributed by atoms with Crippen LogP contribution in [0.4, 0.5) is 0 Å². The summed E-state index contributed by atoms with van der Waals surface area (Å²) in [6.07, 6.45) is 20.6. The average molecular weight is 270 g/mol. The van der Waals surface area contributed by atoms with Crippen LogP contribution in [0.25, 0.3) is 0 Å². The topological polar surface area (TPSA) is 26.0 Å². The van der Waals surface area contributed by atoms with Gasteiger partial charge in [0.25, 0.3) is 0 Å². The second-order valence-electron chi connectivity index (χ2n) is 6.23. The fourth-order valence-corrected chi connectivity index (χ4v) is 2.69. The summed E-state index contributed by atoms with van der Waals surface area (Å²) in [5.41, 5.74) is 6.18. The molecule has 0 heterocycles. The molecule has 0 aromatic carbocycles. The van der Waals surface area contributed by atoms with Crippen molar-refractivity contribution in [3.8, 4) is 0 Å². The number of hydrogen-bond donors (Lipinski definition) is 1. The molecule has 1 nitrogen and oxygen atoms in total. The third kappa shape index (κ3) is 15.9. The molecule has 0 saturated carbocycles. The Morgan fingerprint density at radius 1 is 0.526 bits per heavy atom. The van der Waals surface area contributed by atoms with Gasteiger partial charge in [0.1, 0.15) is 0 Å². The molecule has 2 N–H and O–H groups in total. The second kappa shape index (κ2) is 16.0. The van der Waals surface area contributed by atoms with Gasteiger partial charge in [0.2, 0.25) is 0 Å². The van der Waals surface area contributed by atoms with Crippen LogP contribution < -0.4 is 5.73 Å². The van der Waals surface area contributed by atoms with Crippen molar-refractivity contribution >= 4 is 0 Å². The van der Waals surface area contributed by atoms with Crippen LogP contribution in [-0.2, 0) is 0 Å². The first-order valence-corrected chi connectivity index (χ1v) is 9.06. The normalized spacial score (nSPS) is 12.8. The SMILES string of the molecule is CCCCCCCCCC(N)CCCCCCCC. The fraction of sp³-hybridized carbons (Fsp3) is 1.00. The van der Waals surface area contributed by atoms with Crippen molar-refractivity contribution in [2.75, 3.05) is 0 Å². The Labute approximate surface area is 122 Å². The molecule has 0 bridgehead atoms. The van der Waals surface area contributed by atoms with Crippen molar-refractivity contribution in [3.63, 3.8) is 0 Å². The predicted octanol–water partition coefficient (Wildman–Crippen LogP) is 6.21. The summed E-state index contributed by atoms with van der Waals surface area (Å²) in [4.78, 5) is 0. The minimum absolute atomic E-state index is 0.474. The van der Waals surface area contributed by atoms with Gasteiger partial charge < -0.3 is 5.73 Å². The molecule has 0 fully saturated rings. The minimum atomic E-state index is 0.474. The van der Waals surface area contributed by atoms with Crippen molar-refractivity contribution in [3.05, 3.63) is 0 Å². The van der Waals surface area contributed by atoms with E-state index in [4.69, 9.17) is 5.73 Å². The lowest BCUT2D eigenvalue weighted by Crippen LogP contribution is -2.19. The van der Waals surface area contributed by atoms with Crippen LogP contribution in [0, 0.1) is 0 Å². The van der Waals surface area contributed by atoms with Crippen molar-refractivity contribution in [1.82, 2.24) is 0 Å². The summed E-state index contributed by atoms with van der Waals surface area (Å²) in [5, 5.41) is 0. The molecule has 116 valence electrons. The van der Waals surface area contributed by atoms with Gasteiger partial charge in [0.05, 0.1) is 0 Å². The Morgan fingerprint density at radius 2 is 0.842 bits per heavy atom. The van der Waals surface area contributed by atoms with Crippen LogP contribution in [0.1, 0.15) is 110 Å². The van der Waals surface area contributed by atoms with Crippen LogP contribution in [-0.4, -0.2) is 6.04 Å². The fourth-order valence-electron chi connectivity index (χ4n) is 2.69. The van der Waals surface area contributed by atoms with Crippen LogP contribution in [0.5, 0.6) is 0 Å². The van der Waals surface area contributed by atoms with Crippen LogP contribution in [0.3, 0.4) is 0 Å². The van der Waals surface area contributed by atoms with Crippen LogP contribution in [0.15, 0.2) is 0 Å². The molecule has 1 unspecified atom stereocenters. The molecular formula is C18H39N. The first-order valence-electron chi connectivity index (χ1n) is 9.06. The smallest absolute Gasteiger partial charge is 0.00388 e. The highest BCUT2D eigenvalue weighted by atomic mass is 14.6. The van der Waals surface area contributed by atoms with Gasteiger partial charge in [-0.2, -0.15) is 0 Å². The Kier molecular flexibility index (Phi) is 16.0. The highest BCUT2D eigenvalue weighted by Crippen LogP contribution is 2.13. The van der Waals surface area contributed by atoms with Crippen molar-refractivity contribution in [2.24, 2.45) is 5.73 Å². The molecule has 0 radical (unpaired) electrons. The van der Waals surface area contributed by atoms with Crippen molar-refractivity contribution < 1.29 is 0 Å². The zero-order valence-electron chi connectivity index (χ0n) is 13.8. The minimum Gasteiger partial charge on any atom is -0.328 e. The Hall–Kier alpha value is -0.0400. The van der Waals surface area contributed by atoms with E-state index in [1.165, 1.54) is 96.3 Å². The molecule has 0 saturated heterocycles. The monoisotopic (exact) mass is 269 g/mol. The quantitative estimate of drug-likeness (QED) is 0.352. The third-order valence-corrected chi connectivity index (χ3v) is 4.11. The summed E-state index contributed by atoms with van der Waals surface area (Å²) in [5.74, 6) is 0. The van der Waals surface area contributed by atoms with Gasteiger partial charge in [-0.25, -0.2) is 0 Å². The second-order valence-corrected chi connectivity index (χ2v) is 6.23. The first kappa shape index (κ1) is 19.0. The van der Waals surface area contributed by atoms with Gasteiger partial charge >= 0.3 is 0 Å². The van der Waals surface area contributed by atoms with Gasteiger partial charge in [-0.1, -0.05) is 97.3 Å². The van der Waals surface area contributed by atoms with Crippen LogP contribution in [0.2, 0.25) is 0 Å². The van der Waals surface area contributed by atoms with Crippen molar-refractivity contribution in [1.29, 1.82) is 0 Å². The lowest BCUT2D eigenvalue weighted by atomic mass is 10.0. The molecule has 0 rings (SSSR count). The average Bonchev–Trinajstić information content (AvgIpc) is 2.41. The van der Waals surface area contributed by atoms with Gasteiger partial charge in [-0.3, -0.25) is 0 Å². The molecule has 0 aliphatic heterocycles. The van der Waals surface area contributed by atoms with Gasteiger partial charge in [0, 0.05) is 6.04 Å². The summed E-state index contributed by atoms with van der Waals surface area (Å²) < 4.78 is 0. The first-order chi connectivity index (χ1) is 9.31. The lowest BCUT2D eigenvalue weighted by molar-refractivity contribution is 0.483. The van der Waals surface area contributed by atoms with Gasteiger partial charge in [-0.15, -0.1) is 0 Å². The maximum absolute atomic E-state index is 6.18. The predicted molar refractivity (Wildman–Crippen MR) is 88.6 cm³/mol. The molecule has 0 spiro atoms. The molecule has 19 heavy (non-hydrogen) atoms. The summed E-state index contributed by atoms with van der Waals surface area (Å²) in [6.45, 7) is 4.56. The highest BCUT2D eigenvalue weighted by molar-refractivity contribution is 4.61. The number of hydrogen-bond acceptors (Lipinski definition) is 1. The lowest BCUT2D eigenvalue weighted by Gasteiger charge is -2.11. The standard InChI is InChI=1S/C18H39N/c1-3-5-7-9-11-13-15-17-18(19)16-14-12-10-8-6-4-2/h18H,3-17,19H2,1-2H3. The Balaban J connectivity index is 3.10. The van der Waals surface area contributed by atoms with E-state index >= 15 is 0 Å². The van der Waals surface area contributed by atoms with Crippen LogP contribution >= 0.6 is 0 Å². The molecule has 0 aromatic rings. The zero-order valence-corrected chi connectivity index (χ0v) is 13.8. The van der Waals surface area contributed by atoms with E-state index in [0.717, 1.165) is 0 Å². The van der Waals surface area contributed by atoms with E-state index < -0.39 is 0 Å². The zero-order chi connectivity index (χ0) is 14.2. The van der Waals surface area contributed by atoms with E-state index in [9.17, 15) is 0 Å². The molecular weight excluding hydrogens is 230 g/mol. The largest absolute Gasteiger partial charge is 0.328 e. The van der Waals surface area contributed by atoms with E-state index in [-0.39, 0.29) is 0 Å². The molecule has 0 aromatic heterocycles. The Bertz CT molecular complexity index is 156. The summed E-state index contributed by atoms with van der Waals surface area (Å²) >= 11 is 0. The van der Waals surface area contributed by atoms with E-state index in [1.54, 1.807) is 0 Å². The van der Waals surface area contributed by atoms with Gasteiger partial charge in [0.15, 0.2) is 0 Å². The third-order valence-electron chi connectivity index (χ3n) is 4.11. The number of unbranched alkanes of at least 4 members (excludes halogenated alkanes) is 11. The molecule has 1 atom stereocenters. The molecule has 0 amide bonds. The highest BCUT2D eigenvalue weighted by Gasteiger charge is 2.02. The van der Waals surface area contributed by atoms with Crippen molar-refractivity contribution in [2.45, 2.75) is 116 Å². The molecule has 0 aliphatic rings. The Morgan fingerprint density at radius 3 is 1.21 bits per heavy atom. The molecule has 1 heteroatoms. The molecule has 0 aliphatic carbocycles. The number of rotatable bonds is 15. The maximum atomic E-state index is 6.18.